The summed E-state index contributed by atoms with van der Waals surface area (Å²) in [6.45, 7) is 4.74. The van der Waals surface area contributed by atoms with Crippen molar-refractivity contribution < 1.29 is 17.9 Å². The summed E-state index contributed by atoms with van der Waals surface area (Å²) in [5, 5.41) is 2.88. The summed E-state index contributed by atoms with van der Waals surface area (Å²) in [6.07, 6.45) is 0.948. The van der Waals surface area contributed by atoms with Gasteiger partial charge in [-0.2, -0.15) is 0 Å². The molecule has 150 valence electrons. The molecule has 0 spiro atoms. The monoisotopic (exact) mass is 402 g/mol. The van der Waals surface area contributed by atoms with Gasteiger partial charge in [0, 0.05) is 25.4 Å². The summed E-state index contributed by atoms with van der Waals surface area (Å²) in [7, 11) is -3.63. The molecule has 1 amide bonds. The molecule has 1 aliphatic rings. The molecule has 0 fully saturated rings. The Bertz CT molecular complexity index is 957. The molecule has 0 aromatic heterocycles. The molecular formula is C21H26N2O4S. The number of nitrogens with one attached hydrogen (secondary N) is 2. The lowest BCUT2D eigenvalue weighted by atomic mass is 9.97. The van der Waals surface area contributed by atoms with Crippen molar-refractivity contribution in [1.82, 2.24) is 10.0 Å². The molecule has 1 unspecified atom stereocenters. The van der Waals surface area contributed by atoms with Crippen molar-refractivity contribution >= 4 is 15.9 Å². The zero-order valence-electron chi connectivity index (χ0n) is 16.2. The Morgan fingerprint density at radius 1 is 1.18 bits per heavy atom. The van der Waals surface area contributed by atoms with Crippen molar-refractivity contribution in [2.24, 2.45) is 5.92 Å². The number of ether oxygens (including phenoxy) is 1. The second-order valence-corrected chi connectivity index (χ2v) is 8.95. The first-order valence-electron chi connectivity index (χ1n) is 9.39. The fourth-order valence-corrected chi connectivity index (χ4v) is 4.60. The maximum absolute atomic E-state index is 12.4. The van der Waals surface area contributed by atoms with E-state index in [0.29, 0.717) is 18.7 Å². The van der Waals surface area contributed by atoms with Crippen molar-refractivity contribution in [3.05, 3.63) is 59.2 Å². The van der Waals surface area contributed by atoms with Gasteiger partial charge in [-0.1, -0.05) is 30.3 Å². The number of hydrogen-bond donors (Lipinski definition) is 2. The minimum atomic E-state index is -3.63. The molecule has 1 heterocycles. The van der Waals surface area contributed by atoms with E-state index in [1.54, 1.807) is 19.1 Å². The quantitative estimate of drug-likeness (QED) is 0.745. The Labute approximate surface area is 166 Å². The van der Waals surface area contributed by atoms with Crippen LogP contribution in [0.4, 0.5) is 0 Å². The number of para-hydroxylation sites is 1. The van der Waals surface area contributed by atoms with Crippen LogP contribution in [0.5, 0.6) is 5.75 Å². The number of benzene rings is 2. The number of sulfonamides is 1. The Balaban J connectivity index is 1.44. The van der Waals surface area contributed by atoms with E-state index in [9.17, 15) is 13.2 Å². The van der Waals surface area contributed by atoms with Gasteiger partial charge in [-0.25, -0.2) is 13.1 Å². The molecule has 0 radical (unpaired) electrons. The lowest BCUT2D eigenvalue weighted by Gasteiger charge is -2.25. The van der Waals surface area contributed by atoms with Crippen LogP contribution in [0.15, 0.2) is 47.4 Å². The van der Waals surface area contributed by atoms with Gasteiger partial charge in [-0.05, 0) is 49.1 Å². The number of aryl methyl sites for hydroxylation is 2. The Hall–Kier alpha value is -2.38. The fraction of sp³-hybridized carbons (Fsp3) is 0.381. The number of amides is 1. The van der Waals surface area contributed by atoms with Crippen LogP contribution < -0.4 is 14.8 Å². The molecule has 28 heavy (non-hydrogen) atoms. The highest BCUT2D eigenvalue weighted by molar-refractivity contribution is 7.89. The number of carbonyl (C=O) groups excluding carboxylic acids is 1. The molecule has 2 aromatic rings. The molecule has 1 atom stereocenters. The predicted molar refractivity (Wildman–Crippen MR) is 108 cm³/mol. The van der Waals surface area contributed by atoms with E-state index < -0.39 is 10.0 Å². The summed E-state index contributed by atoms with van der Waals surface area (Å²) >= 11 is 0. The molecule has 0 aliphatic carbocycles. The normalized spacial score (nSPS) is 16.1. The van der Waals surface area contributed by atoms with E-state index in [-0.39, 0.29) is 29.7 Å². The summed E-state index contributed by atoms with van der Waals surface area (Å²) in [4.78, 5) is 12.3. The third-order valence-electron chi connectivity index (χ3n) is 4.82. The van der Waals surface area contributed by atoms with E-state index in [4.69, 9.17) is 4.74 Å². The standard InChI is InChI=1S/C21H26N2O4S/c1-15-7-8-16(2)20(11-15)28(25,26)23-10-9-21(24)22-13-17-12-18-5-3-4-6-19(18)27-14-17/h3-8,11,17,23H,9-10,12-14H2,1-2H3,(H,22,24). The van der Waals surface area contributed by atoms with Gasteiger partial charge in [0.05, 0.1) is 11.5 Å². The van der Waals surface area contributed by atoms with Gasteiger partial charge >= 0.3 is 0 Å². The first-order valence-corrected chi connectivity index (χ1v) is 10.9. The van der Waals surface area contributed by atoms with Gasteiger partial charge in [0.1, 0.15) is 5.75 Å². The minimum Gasteiger partial charge on any atom is -0.493 e. The average Bonchev–Trinajstić information content (AvgIpc) is 2.68. The molecule has 1 aliphatic heterocycles. The lowest BCUT2D eigenvalue weighted by Crippen LogP contribution is -2.36. The van der Waals surface area contributed by atoms with Gasteiger partial charge in [-0.15, -0.1) is 0 Å². The van der Waals surface area contributed by atoms with Crippen LogP contribution in [0.2, 0.25) is 0 Å². The van der Waals surface area contributed by atoms with E-state index in [0.717, 1.165) is 23.3 Å². The highest BCUT2D eigenvalue weighted by Gasteiger charge is 2.20. The Kier molecular flexibility index (Phi) is 6.36. The largest absolute Gasteiger partial charge is 0.493 e. The maximum Gasteiger partial charge on any atom is 0.240 e. The first-order chi connectivity index (χ1) is 13.3. The molecule has 0 saturated heterocycles. The smallest absolute Gasteiger partial charge is 0.240 e. The minimum absolute atomic E-state index is 0.0611. The van der Waals surface area contributed by atoms with Gasteiger partial charge in [0.2, 0.25) is 15.9 Å². The second kappa shape index (κ2) is 8.75. The van der Waals surface area contributed by atoms with Crippen molar-refractivity contribution in [2.75, 3.05) is 19.7 Å². The van der Waals surface area contributed by atoms with Gasteiger partial charge in [-0.3, -0.25) is 4.79 Å². The average molecular weight is 403 g/mol. The highest BCUT2D eigenvalue weighted by Crippen LogP contribution is 2.26. The van der Waals surface area contributed by atoms with Crippen LogP contribution in [0.1, 0.15) is 23.1 Å². The highest BCUT2D eigenvalue weighted by atomic mass is 32.2. The van der Waals surface area contributed by atoms with Crippen LogP contribution in [0, 0.1) is 19.8 Å². The van der Waals surface area contributed by atoms with Crippen LogP contribution in [0.3, 0.4) is 0 Å². The number of carbonyl (C=O) groups is 1. The first kappa shape index (κ1) is 20.4. The SMILES string of the molecule is Cc1ccc(C)c(S(=O)(=O)NCCC(=O)NCC2COc3ccccc3C2)c1. The third-order valence-corrected chi connectivity index (χ3v) is 6.42. The van der Waals surface area contributed by atoms with Crippen LogP contribution >= 0.6 is 0 Å². The van der Waals surface area contributed by atoms with Crippen molar-refractivity contribution in [3.63, 3.8) is 0 Å². The number of hydrogen-bond acceptors (Lipinski definition) is 4. The topological polar surface area (TPSA) is 84.5 Å². The molecule has 2 N–H and O–H groups in total. The fourth-order valence-electron chi connectivity index (χ4n) is 3.24. The number of fused-ring (bicyclic) bond motifs is 1. The summed E-state index contributed by atoms with van der Waals surface area (Å²) in [6, 6.07) is 13.2. The summed E-state index contributed by atoms with van der Waals surface area (Å²) in [5.74, 6) is 0.943. The van der Waals surface area contributed by atoms with Crippen molar-refractivity contribution in [2.45, 2.75) is 31.6 Å². The lowest BCUT2D eigenvalue weighted by molar-refractivity contribution is -0.121. The van der Waals surface area contributed by atoms with E-state index >= 15 is 0 Å². The summed E-state index contributed by atoms with van der Waals surface area (Å²) < 4.78 is 33.1. The zero-order valence-corrected chi connectivity index (χ0v) is 17.0. The van der Waals surface area contributed by atoms with E-state index in [1.165, 1.54) is 0 Å². The Morgan fingerprint density at radius 2 is 1.96 bits per heavy atom. The van der Waals surface area contributed by atoms with E-state index in [1.807, 2.05) is 37.3 Å². The third kappa shape index (κ3) is 5.11. The summed E-state index contributed by atoms with van der Waals surface area (Å²) in [5.41, 5.74) is 2.70. The van der Waals surface area contributed by atoms with Gasteiger partial charge < -0.3 is 10.1 Å². The Morgan fingerprint density at radius 3 is 2.79 bits per heavy atom. The molecule has 0 saturated carbocycles. The number of rotatable bonds is 7. The van der Waals surface area contributed by atoms with Crippen molar-refractivity contribution in [3.8, 4) is 5.75 Å². The molecule has 2 aromatic carbocycles. The molecular weight excluding hydrogens is 376 g/mol. The van der Waals surface area contributed by atoms with Crippen molar-refractivity contribution in [1.29, 1.82) is 0 Å². The van der Waals surface area contributed by atoms with Gasteiger partial charge in [0.15, 0.2) is 0 Å². The van der Waals surface area contributed by atoms with Crippen LogP contribution in [-0.2, 0) is 21.2 Å². The molecule has 7 heteroatoms. The van der Waals surface area contributed by atoms with Crippen LogP contribution in [-0.4, -0.2) is 34.0 Å². The van der Waals surface area contributed by atoms with Crippen LogP contribution in [0.25, 0.3) is 0 Å². The van der Waals surface area contributed by atoms with E-state index in [2.05, 4.69) is 10.0 Å². The maximum atomic E-state index is 12.4. The predicted octanol–water partition coefficient (Wildman–Crippen LogP) is 2.34. The molecule has 6 nitrogen and oxygen atoms in total. The van der Waals surface area contributed by atoms with Gasteiger partial charge in [0.25, 0.3) is 0 Å². The second-order valence-electron chi connectivity index (χ2n) is 7.21. The zero-order chi connectivity index (χ0) is 20.1. The molecule has 0 bridgehead atoms. The molecule has 3 rings (SSSR count).